The number of rotatable bonds is 4. The highest BCUT2D eigenvalue weighted by Gasteiger charge is 2.25. The van der Waals surface area contributed by atoms with Crippen molar-refractivity contribution in [1.82, 2.24) is 0 Å². The number of halogens is 2. The summed E-state index contributed by atoms with van der Waals surface area (Å²) < 4.78 is 28.4. The molecule has 0 heterocycles. The smallest absolute Gasteiger partial charge is 0.126 e. The topological polar surface area (TPSA) is 0 Å². The van der Waals surface area contributed by atoms with Crippen molar-refractivity contribution >= 4 is 0 Å². The van der Waals surface area contributed by atoms with Crippen molar-refractivity contribution in [3.63, 3.8) is 0 Å². The van der Waals surface area contributed by atoms with Crippen LogP contribution in [-0.2, 0) is 12.8 Å². The predicted octanol–water partition coefficient (Wildman–Crippen LogP) is 7.31. The maximum Gasteiger partial charge on any atom is 0.126 e. The average molecular weight is 369 g/mol. The largest absolute Gasteiger partial charge is 0.207 e. The van der Waals surface area contributed by atoms with Gasteiger partial charge in [0.15, 0.2) is 0 Å². The molecule has 0 nitrogen and oxygen atoms in total. The van der Waals surface area contributed by atoms with E-state index in [1.807, 2.05) is 12.1 Å². The van der Waals surface area contributed by atoms with Gasteiger partial charge in [-0.25, -0.2) is 8.78 Å². The lowest BCUT2D eigenvalue weighted by Crippen LogP contribution is -2.16. The lowest BCUT2D eigenvalue weighted by atomic mass is 9.76. The second-order valence-corrected chi connectivity index (χ2v) is 8.64. The molecule has 0 bridgehead atoms. The van der Waals surface area contributed by atoms with Crippen LogP contribution in [-0.4, -0.2) is 0 Å². The molecule has 2 aromatic rings. The van der Waals surface area contributed by atoms with E-state index < -0.39 is 0 Å². The zero-order valence-corrected chi connectivity index (χ0v) is 16.3. The summed E-state index contributed by atoms with van der Waals surface area (Å²) in [5.74, 6) is 1.40. The summed E-state index contributed by atoms with van der Waals surface area (Å²) in [6, 6.07) is 11.0. The van der Waals surface area contributed by atoms with Gasteiger partial charge in [0.2, 0.25) is 0 Å². The summed E-state index contributed by atoms with van der Waals surface area (Å²) >= 11 is 0. The highest BCUT2D eigenvalue weighted by molar-refractivity contribution is 5.36. The van der Waals surface area contributed by atoms with Crippen molar-refractivity contribution in [3.05, 3.63) is 70.3 Å². The maximum atomic E-state index is 15.0. The third-order valence-corrected chi connectivity index (χ3v) is 6.88. The molecule has 2 aromatic carbocycles. The molecule has 4 rings (SSSR count). The zero-order valence-electron chi connectivity index (χ0n) is 16.3. The van der Waals surface area contributed by atoms with Crippen LogP contribution in [0.15, 0.2) is 36.4 Å². The second kappa shape index (κ2) is 8.12. The van der Waals surface area contributed by atoms with Crippen molar-refractivity contribution in [1.29, 1.82) is 0 Å². The quantitative estimate of drug-likeness (QED) is 0.530. The maximum absolute atomic E-state index is 15.0. The minimum atomic E-state index is -0.170. The van der Waals surface area contributed by atoms with Gasteiger partial charge in [0.25, 0.3) is 0 Å². The van der Waals surface area contributed by atoms with E-state index >= 15 is 0 Å². The molecule has 0 amide bonds. The third kappa shape index (κ3) is 4.10. The van der Waals surface area contributed by atoms with Gasteiger partial charge in [-0.15, -0.1) is 0 Å². The molecule has 0 radical (unpaired) electrons. The Balaban J connectivity index is 1.46. The Hall–Kier alpha value is -1.70. The monoisotopic (exact) mass is 368 g/mol. The van der Waals surface area contributed by atoms with E-state index in [0.29, 0.717) is 5.92 Å². The first-order valence-corrected chi connectivity index (χ1v) is 10.7. The van der Waals surface area contributed by atoms with Gasteiger partial charge in [-0.05, 0) is 103 Å². The highest BCUT2D eigenvalue weighted by atomic mass is 19.1. The van der Waals surface area contributed by atoms with Crippen LogP contribution in [0.25, 0.3) is 0 Å². The third-order valence-electron chi connectivity index (χ3n) is 6.88. The molecule has 1 unspecified atom stereocenters. The molecule has 1 atom stereocenters. The fourth-order valence-electron chi connectivity index (χ4n) is 5.31. The van der Waals surface area contributed by atoms with Gasteiger partial charge < -0.3 is 0 Å². The summed E-state index contributed by atoms with van der Waals surface area (Å²) in [6.07, 6.45) is 10.1. The van der Waals surface area contributed by atoms with Crippen molar-refractivity contribution in [2.45, 2.75) is 76.5 Å². The molecule has 1 saturated carbocycles. The Morgan fingerprint density at radius 3 is 2.41 bits per heavy atom. The fraction of sp³-hybridized carbons (Fsp3) is 0.520. The fourth-order valence-corrected chi connectivity index (χ4v) is 5.31. The number of hydrogen-bond donors (Lipinski definition) is 0. The Kier molecular flexibility index (Phi) is 5.61. The highest BCUT2D eigenvalue weighted by Crippen LogP contribution is 2.39. The second-order valence-electron chi connectivity index (χ2n) is 8.64. The first kappa shape index (κ1) is 18.7. The van der Waals surface area contributed by atoms with E-state index in [1.165, 1.54) is 55.7 Å². The summed E-state index contributed by atoms with van der Waals surface area (Å²) in [7, 11) is 0. The van der Waals surface area contributed by atoms with Crippen LogP contribution in [0.4, 0.5) is 8.78 Å². The molecule has 0 spiro atoms. The van der Waals surface area contributed by atoms with Crippen LogP contribution in [0.1, 0.15) is 86.0 Å². The summed E-state index contributed by atoms with van der Waals surface area (Å²) in [5, 5.41) is 0. The van der Waals surface area contributed by atoms with Crippen LogP contribution in [0, 0.1) is 17.6 Å². The Bertz CT molecular complexity index is 787. The van der Waals surface area contributed by atoms with Gasteiger partial charge in [0, 0.05) is 0 Å². The van der Waals surface area contributed by atoms with Crippen LogP contribution >= 0.6 is 0 Å². The standard InChI is InChI=1S/C25H30F2/c1-2-3-17-4-6-18(7-5-17)21-11-13-24(25(27)16-21)22-9-8-20-15-23(26)12-10-19(20)14-22/h10-13,15-18,22H,2-9,14H2,1H3. The molecule has 27 heavy (non-hydrogen) atoms. The number of hydrogen-bond acceptors (Lipinski definition) is 0. The zero-order chi connectivity index (χ0) is 18.8. The van der Waals surface area contributed by atoms with E-state index in [4.69, 9.17) is 0 Å². The Labute approximate surface area is 162 Å². The molecular formula is C25H30F2. The lowest BCUT2D eigenvalue weighted by Gasteiger charge is -2.29. The normalized spacial score (nSPS) is 25.2. The SMILES string of the molecule is CCCC1CCC(c2ccc(C3CCc4cc(F)ccc4C3)c(F)c2)CC1. The predicted molar refractivity (Wildman–Crippen MR) is 107 cm³/mol. The van der Waals surface area contributed by atoms with Crippen LogP contribution in [0.3, 0.4) is 0 Å². The minimum absolute atomic E-state index is 0.0428. The Morgan fingerprint density at radius 2 is 1.67 bits per heavy atom. The van der Waals surface area contributed by atoms with Crippen LogP contribution < -0.4 is 0 Å². The molecule has 144 valence electrons. The first-order valence-electron chi connectivity index (χ1n) is 10.7. The van der Waals surface area contributed by atoms with Gasteiger partial charge in [-0.3, -0.25) is 0 Å². The number of benzene rings is 2. The van der Waals surface area contributed by atoms with Crippen LogP contribution in [0.2, 0.25) is 0 Å². The van der Waals surface area contributed by atoms with E-state index in [0.717, 1.165) is 36.3 Å². The van der Waals surface area contributed by atoms with E-state index in [2.05, 4.69) is 13.0 Å². The van der Waals surface area contributed by atoms with Crippen LogP contribution in [0.5, 0.6) is 0 Å². The minimum Gasteiger partial charge on any atom is -0.207 e. The first-order chi connectivity index (χ1) is 13.1. The number of aryl methyl sites for hydroxylation is 1. The van der Waals surface area contributed by atoms with Gasteiger partial charge in [-0.1, -0.05) is 38.0 Å². The van der Waals surface area contributed by atoms with Crippen molar-refractivity contribution < 1.29 is 8.78 Å². The van der Waals surface area contributed by atoms with Gasteiger partial charge in [0.05, 0.1) is 0 Å². The molecule has 0 aromatic heterocycles. The van der Waals surface area contributed by atoms with E-state index in [-0.39, 0.29) is 17.6 Å². The molecule has 2 aliphatic carbocycles. The molecule has 2 aliphatic rings. The van der Waals surface area contributed by atoms with Crippen molar-refractivity contribution in [2.75, 3.05) is 0 Å². The number of fused-ring (bicyclic) bond motifs is 1. The molecule has 0 N–H and O–H groups in total. The summed E-state index contributed by atoms with van der Waals surface area (Å²) in [5.41, 5.74) is 4.29. The van der Waals surface area contributed by atoms with Gasteiger partial charge in [-0.2, -0.15) is 0 Å². The average Bonchev–Trinajstić information content (AvgIpc) is 2.68. The van der Waals surface area contributed by atoms with E-state index in [1.54, 1.807) is 12.1 Å². The lowest BCUT2D eigenvalue weighted by molar-refractivity contribution is 0.308. The van der Waals surface area contributed by atoms with E-state index in [9.17, 15) is 8.78 Å². The van der Waals surface area contributed by atoms with Gasteiger partial charge in [0.1, 0.15) is 11.6 Å². The summed E-state index contributed by atoms with van der Waals surface area (Å²) in [4.78, 5) is 0. The molecular weight excluding hydrogens is 338 g/mol. The van der Waals surface area contributed by atoms with Gasteiger partial charge >= 0.3 is 0 Å². The Morgan fingerprint density at radius 1 is 0.852 bits per heavy atom. The summed E-state index contributed by atoms with van der Waals surface area (Å²) in [6.45, 7) is 2.26. The molecule has 0 saturated heterocycles. The molecule has 0 aliphatic heterocycles. The molecule has 1 fully saturated rings. The van der Waals surface area contributed by atoms with Crippen molar-refractivity contribution in [2.24, 2.45) is 5.92 Å². The molecule has 2 heteroatoms. The van der Waals surface area contributed by atoms with Crippen molar-refractivity contribution in [3.8, 4) is 0 Å².